The molecule has 0 atom stereocenters. The molecule has 1 fully saturated rings. The molecule has 7 nitrogen and oxygen atoms in total. The highest BCUT2D eigenvalue weighted by Gasteiger charge is 2.36. The van der Waals surface area contributed by atoms with Crippen LogP contribution in [0.1, 0.15) is 11.3 Å². The van der Waals surface area contributed by atoms with Gasteiger partial charge in [0.05, 0.1) is 17.0 Å². The largest absolute Gasteiger partial charge is 0.433 e. The van der Waals surface area contributed by atoms with E-state index in [1.807, 2.05) is 0 Å². The first-order chi connectivity index (χ1) is 13.1. The van der Waals surface area contributed by atoms with Gasteiger partial charge in [-0.2, -0.15) is 22.7 Å². The van der Waals surface area contributed by atoms with E-state index in [-0.39, 0.29) is 29.2 Å². The minimum Gasteiger partial charge on any atom is -0.310 e. The molecule has 0 radical (unpaired) electrons. The van der Waals surface area contributed by atoms with Crippen LogP contribution >= 0.6 is 0 Å². The number of carbonyl (C=O) groups excluding carboxylic acids is 1. The van der Waals surface area contributed by atoms with Gasteiger partial charge in [0.15, 0.2) is 0 Å². The Morgan fingerprint density at radius 2 is 1.86 bits per heavy atom. The molecule has 28 heavy (non-hydrogen) atoms. The predicted octanol–water partition coefficient (Wildman–Crippen LogP) is 2.01. The van der Waals surface area contributed by atoms with Gasteiger partial charge in [-0.15, -0.1) is 0 Å². The summed E-state index contributed by atoms with van der Waals surface area (Å²) in [7, 11) is -4.10. The van der Waals surface area contributed by atoms with Crippen molar-refractivity contribution >= 4 is 21.6 Å². The van der Waals surface area contributed by atoms with Crippen LogP contribution in [0, 0.1) is 11.3 Å². The van der Waals surface area contributed by atoms with Crippen molar-refractivity contribution in [3.8, 4) is 6.07 Å². The van der Waals surface area contributed by atoms with E-state index in [2.05, 4.69) is 4.98 Å². The molecule has 1 amide bonds. The van der Waals surface area contributed by atoms with Crippen molar-refractivity contribution < 1.29 is 26.4 Å². The van der Waals surface area contributed by atoms with Crippen molar-refractivity contribution in [1.82, 2.24) is 9.29 Å². The lowest BCUT2D eigenvalue weighted by atomic mass is 10.2. The van der Waals surface area contributed by atoms with Crippen molar-refractivity contribution in [2.24, 2.45) is 0 Å². The monoisotopic (exact) mass is 410 g/mol. The second kappa shape index (κ2) is 7.21. The summed E-state index contributed by atoms with van der Waals surface area (Å²) in [5, 5.41) is 9.11. The van der Waals surface area contributed by atoms with Crippen LogP contribution in [0.25, 0.3) is 0 Å². The molecular formula is C17H13F3N4O3S. The van der Waals surface area contributed by atoms with E-state index in [1.165, 1.54) is 30.3 Å². The third kappa shape index (κ3) is 3.69. The van der Waals surface area contributed by atoms with Crippen molar-refractivity contribution in [2.75, 3.05) is 24.5 Å². The van der Waals surface area contributed by atoms with Gasteiger partial charge in [-0.3, -0.25) is 9.78 Å². The normalized spacial score (nSPS) is 16.1. The molecule has 11 heteroatoms. The molecule has 1 aromatic carbocycles. The van der Waals surface area contributed by atoms with Crippen molar-refractivity contribution in [3.05, 3.63) is 53.9 Å². The molecule has 1 saturated heterocycles. The van der Waals surface area contributed by atoms with Gasteiger partial charge in [0, 0.05) is 25.0 Å². The Morgan fingerprint density at radius 1 is 1.14 bits per heavy atom. The highest BCUT2D eigenvalue weighted by atomic mass is 32.2. The van der Waals surface area contributed by atoms with Crippen molar-refractivity contribution in [3.63, 3.8) is 0 Å². The number of amides is 1. The first kappa shape index (κ1) is 19.8. The van der Waals surface area contributed by atoms with Crippen LogP contribution in [0.5, 0.6) is 0 Å². The molecular weight excluding hydrogens is 397 g/mol. The van der Waals surface area contributed by atoms with Gasteiger partial charge in [0.2, 0.25) is 15.9 Å². The Balaban J connectivity index is 1.85. The van der Waals surface area contributed by atoms with Crippen LogP contribution in [0.15, 0.2) is 47.5 Å². The molecule has 3 rings (SSSR count). The molecule has 1 aliphatic heterocycles. The van der Waals surface area contributed by atoms with E-state index in [0.717, 1.165) is 21.5 Å². The number of rotatable bonds is 3. The van der Waals surface area contributed by atoms with E-state index < -0.39 is 34.3 Å². The van der Waals surface area contributed by atoms with Crippen LogP contribution in [0.2, 0.25) is 0 Å². The Labute approximate surface area is 158 Å². The number of piperazine rings is 1. The van der Waals surface area contributed by atoms with Crippen LogP contribution in [0.4, 0.5) is 18.9 Å². The molecule has 146 valence electrons. The average molecular weight is 410 g/mol. The van der Waals surface area contributed by atoms with Gasteiger partial charge >= 0.3 is 6.18 Å². The maximum absolute atomic E-state index is 12.8. The second-order valence-corrected chi connectivity index (χ2v) is 7.80. The number of benzene rings is 1. The minimum absolute atomic E-state index is 0.0122. The number of aromatic nitrogens is 1. The molecule has 1 aliphatic rings. The Bertz CT molecular complexity index is 1060. The van der Waals surface area contributed by atoms with Gasteiger partial charge in [0.25, 0.3) is 0 Å². The number of sulfonamides is 1. The minimum atomic E-state index is -4.66. The Morgan fingerprint density at radius 3 is 2.50 bits per heavy atom. The van der Waals surface area contributed by atoms with Crippen molar-refractivity contribution in [2.45, 2.75) is 11.1 Å². The third-order valence-corrected chi connectivity index (χ3v) is 6.06. The summed E-state index contributed by atoms with van der Waals surface area (Å²) in [4.78, 5) is 16.6. The second-order valence-electron chi connectivity index (χ2n) is 5.89. The Hall–Kier alpha value is -2.97. The van der Waals surface area contributed by atoms with Gasteiger partial charge in [-0.05, 0) is 24.3 Å². The molecule has 0 saturated carbocycles. The number of anilines is 1. The van der Waals surface area contributed by atoms with Gasteiger partial charge in [-0.25, -0.2) is 8.42 Å². The van der Waals surface area contributed by atoms with Crippen LogP contribution in [-0.4, -0.2) is 43.2 Å². The van der Waals surface area contributed by atoms with E-state index in [4.69, 9.17) is 5.26 Å². The maximum Gasteiger partial charge on any atom is 0.433 e. The zero-order valence-electron chi connectivity index (χ0n) is 14.2. The zero-order valence-corrected chi connectivity index (χ0v) is 15.0. The number of hydrogen-bond acceptors (Lipinski definition) is 5. The van der Waals surface area contributed by atoms with Crippen molar-refractivity contribution in [1.29, 1.82) is 5.26 Å². The zero-order chi connectivity index (χ0) is 20.5. The highest BCUT2D eigenvalue weighted by molar-refractivity contribution is 7.89. The topological polar surface area (TPSA) is 94.4 Å². The summed E-state index contributed by atoms with van der Waals surface area (Å²) in [6.07, 6.45) is -3.72. The number of pyridine rings is 1. The molecule has 2 aromatic rings. The van der Waals surface area contributed by atoms with Gasteiger partial charge in [-0.1, -0.05) is 12.1 Å². The Kier molecular flexibility index (Phi) is 5.10. The fourth-order valence-electron chi connectivity index (χ4n) is 2.80. The smallest absolute Gasteiger partial charge is 0.310 e. The summed E-state index contributed by atoms with van der Waals surface area (Å²) in [5.74, 6) is -0.677. The highest BCUT2D eigenvalue weighted by Crippen LogP contribution is 2.30. The predicted molar refractivity (Wildman–Crippen MR) is 91.5 cm³/mol. The fraction of sp³-hybridized carbons (Fsp3) is 0.235. The lowest BCUT2D eigenvalue weighted by Crippen LogP contribution is -2.52. The summed E-state index contributed by atoms with van der Waals surface area (Å²) in [6.45, 7) is -0.808. The van der Waals surface area contributed by atoms with E-state index in [0.29, 0.717) is 0 Å². The van der Waals surface area contributed by atoms with E-state index in [9.17, 15) is 26.4 Å². The molecule has 0 unspecified atom stereocenters. The molecule has 2 heterocycles. The molecule has 1 aromatic heterocycles. The quantitative estimate of drug-likeness (QED) is 0.772. The van der Waals surface area contributed by atoms with Gasteiger partial charge in [0.1, 0.15) is 11.8 Å². The number of nitriles is 1. The SMILES string of the molecule is N#Cc1ccccc1S(=O)(=O)N1CCN(c2ccnc(C(F)(F)F)c2)C(=O)C1. The molecule has 0 N–H and O–H groups in total. The third-order valence-electron chi connectivity index (χ3n) is 4.16. The maximum atomic E-state index is 12.8. The number of carbonyl (C=O) groups is 1. The standard InChI is InChI=1S/C17H13F3N4O3S/c18-17(19,20)15-9-13(5-6-22-15)24-8-7-23(11-16(24)25)28(26,27)14-4-2-1-3-12(14)10-21/h1-6,9H,7-8,11H2. The molecule has 0 aliphatic carbocycles. The van der Waals surface area contributed by atoms with Gasteiger partial charge < -0.3 is 4.90 Å². The summed E-state index contributed by atoms with van der Waals surface area (Å²) < 4.78 is 65.0. The number of halogens is 3. The van der Waals surface area contributed by atoms with Crippen LogP contribution in [-0.2, 0) is 21.0 Å². The lowest BCUT2D eigenvalue weighted by Gasteiger charge is -2.33. The summed E-state index contributed by atoms with van der Waals surface area (Å²) >= 11 is 0. The summed E-state index contributed by atoms with van der Waals surface area (Å²) in [6, 6.07) is 9.38. The van der Waals surface area contributed by atoms with E-state index >= 15 is 0 Å². The number of alkyl halides is 3. The fourth-order valence-corrected chi connectivity index (χ4v) is 4.32. The molecule has 0 spiro atoms. The first-order valence-corrected chi connectivity index (χ1v) is 9.41. The van der Waals surface area contributed by atoms with Crippen LogP contribution < -0.4 is 4.90 Å². The number of hydrogen-bond donors (Lipinski definition) is 0. The number of nitrogens with zero attached hydrogens (tertiary/aromatic N) is 4. The van der Waals surface area contributed by atoms with E-state index in [1.54, 1.807) is 6.07 Å². The van der Waals surface area contributed by atoms with Crippen LogP contribution in [0.3, 0.4) is 0 Å². The lowest BCUT2D eigenvalue weighted by molar-refractivity contribution is -0.141. The first-order valence-electron chi connectivity index (χ1n) is 7.97. The average Bonchev–Trinajstić information content (AvgIpc) is 2.67. The molecule has 0 bridgehead atoms. The summed E-state index contributed by atoms with van der Waals surface area (Å²) in [5.41, 5.74) is -1.21.